The lowest BCUT2D eigenvalue weighted by Gasteiger charge is -2.19. The van der Waals surface area contributed by atoms with Gasteiger partial charge in [-0.25, -0.2) is 4.79 Å². The summed E-state index contributed by atoms with van der Waals surface area (Å²) in [5, 5.41) is 15.0. The molecule has 0 bridgehead atoms. The number of carbonyl (C=O) groups is 1. The van der Waals surface area contributed by atoms with Gasteiger partial charge in [0.05, 0.1) is 0 Å². The first-order chi connectivity index (χ1) is 10.1. The Morgan fingerprint density at radius 1 is 1.24 bits per heavy atom. The highest BCUT2D eigenvalue weighted by Crippen LogP contribution is 2.16. The molecule has 0 saturated carbocycles. The van der Waals surface area contributed by atoms with Crippen LogP contribution in [0.1, 0.15) is 38.8 Å². The van der Waals surface area contributed by atoms with Gasteiger partial charge in [0.25, 0.3) is 0 Å². The van der Waals surface area contributed by atoms with E-state index < -0.39 is 0 Å². The summed E-state index contributed by atoms with van der Waals surface area (Å²) in [5.41, 5.74) is 1.96. The molecule has 1 aromatic carbocycles. The average molecular weight is 293 g/mol. The number of benzene rings is 1. The lowest BCUT2D eigenvalue weighted by molar-refractivity contribution is 0.217. The minimum Gasteiger partial charge on any atom is -0.396 e. The van der Waals surface area contributed by atoms with E-state index in [1.165, 1.54) is 0 Å². The first-order valence-corrected chi connectivity index (χ1v) is 7.62. The molecule has 0 radical (unpaired) electrons. The number of hydrogen-bond acceptors (Lipinski definition) is 3. The SMILES string of the molecule is CCN(CC)C(=O)Nc1ccc(C(C)NCCCO)cc1. The number of nitrogens with one attached hydrogen (secondary N) is 2. The summed E-state index contributed by atoms with van der Waals surface area (Å²) in [6.07, 6.45) is 0.752. The molecule has 0 aromatic heterocycles. The Morgan fingerprint density at radius 2 is 1.86 bits per heavy atom. The molecule has 0 saturated heterocycles. The van der Waals surface area contributed by atoms with Gasteiger partial charge in [-0.2, -0.15) is 0 Å². The van der Waals surface area contributed by atoms with Gasteiger partial charge in [-0.3, -0.25) is 0 Å². The zero-order valence-corrected chi connectivity index (χ0v) is 13.2. The number of urea groups is 1. The average Bonchev–Trinajstić information content (AvgIpc) is 2.49. The molecule has 1 aromatic rings. The molecule has 0 aliphatic carbocycles. The minimum atomic E-state index is -0.0677. The predicted molar refractivity (Wildman–Crippen MR) is 86.5 cm³/mol. The molecule has 3 N–H and O–H groups in total. The summed E-state index contributed by atoms with van der Waals surface area (Å²) < 4.78 is 0. The third kappa shape index (κ3) is 5.73. The van der Waals surface area contributed by atoms with E-state index >= 15 is 0 Å². The van der Waals surface area contributed by atoms with Crippen LogP contribution < -0.4 is 10.6 Å². The Bertz CT molecular complexity index is 416. The molecule has 118 valence electrons. The van der Waals surface area contributed by atoms with Crippen LogP contribution in [0, 0.1) is 0 Å². The van der Waals surface area contributed by atoms with Gasteiger partial charge < -0.3 is 20.6 Å². The van der Waals surface area contributed by atoms with E-state index in [1.54, 1.807) is 4.90 Å². The monoisotopic (exact) mass is 293 g/mol. The molecule has 1 rings (SSSR count). The minimum absolute atomic E-state index is 0.0677. The van der Waals surface area contributed by atoms with Gasteiger partial charge in [0.15, 0.2) is 0 Å². The third-order valence-corrected chi connectivity index (χ3v) is 3.50. The summed E-state index contributed by atoms with van der Waals surface area (Å²) in [6.45, 7) is 8.41. The Kier molecular flexibility index (Phi) is 7.79. The van der Waals surface area contributed by atoms with Crippen LogP contribution in [-0.4, -0.2) is 42.3 Å². The van der Waals surface area contributed by atoms with Crippen molar-refractivity contribution in [3.05, 3.63) is 29.8 Å². The summed E-state index contributed by atoms with van der Waals surface area (Å²) in [7, 11) is 0. The highest BCUT2D eigenvalue weighted by atomic mass is 16.3. The second kappa shape index (κ2) is 9.37. The van der Waals surface area contributed by atoms with E-state index in [4.69, 9.17) is 5.11 Å². The quantitative estimate of drug-likeness (QED) is 0.646. The van der Waals surface area contributed by atoms with Crippen molar-refractivity contribution >= 4 is 11.7 Å². The number of hydrogen-bond donors (Lipinski definition) is 3. The molecule has 0 spiro atoms. The molecule has 0 heterocycles. The zero-order valence-electron chi connectivity index (χ0n) is 13.2. The third-order valence-electron chi connectivity index (χ3n) is 3.50. The fraction of sp³-hybridized carbons (Fsp3) is 0.562. The topological polar surface area (TPSA) is 64.6 Å². The zero-order chi connectivity index (χ0) is 15.7. The Morgan fingerprint density at radius 3 is 2.38 bits per heavy atom. The smallest absolute Gasteiger partial charge is 0.321 e. The molecular formula is C16H27N3O2. The Hall–Kier alpha value is -1.59. The van der Waals surface area contributed by atoms with Crippen LogP contribution in [0.25, 0.3) is 0 Å². The van der Waals surface area contributed by atoms with Crippen LogP contribution in [0.3, 0.4) is 0 Å². The summed E-state index contributed by atoms with van der Waals surface area (Å²) >= 11 is 0. The van der Waals surface area contributed by atoms with Gasteiger partial charge in [0.1, 0.15) is 0 Å². The van der Waals surface area contributed by atoms with Crippen molar-refractivity contribution in [2.24, 2.45) is 0 Å². The van der Waals surface area contributed by atoms with E-state index in [-0.39, 0.29) is 18.7 Å². The molecular weight excluding hydrogens is 266 g/mol. The normalized spacial score (nSPS) is 12.0. The maximum atomic E-state index is 11.9. The van der Waals surface area contributed by atoms with Crippen molar-refractivity contribution in [2.45, 2.75) is 33.2 Å². The maximum absolute atomic E-state index is 11.9. The number of aliphatic hydroxyl groups is 1. The highest BCUT2D eigenvalue weighted by Gasteiger charge is 2.09. The van der Waals surface area contributed by atoms with Crippen LogP contribution in [-0.2, 0) is 0 Å². The lowest BCUT2D eigenvalue weighted by Crippen LogP contribution is -2.34. The molecule has 5 nitrogen and oxygen atoms in total. The number of nitrogens with zero attached hydrogens (tertiary/aromatic N) is 1. The summed E-state index contributed by atoms with van der Waals surface area (Å²) in [4.78, 5) is 13.7. The molecule has 0 aliphatic rings. The molecule has 21 heavy (non-hydrogen) atoms. The van der Waals surface area contributed by atoms with Crippen LogP contribution in [0.5, 0.6) is 0 Å². The van der Waals surface area contributed by atoms with Crippen LogP contribution in [0.4, 0.5) is 10.5 Å². The van der Waals surface area contributed by atoms with Gasteiger partial charge in [-0.1, -0.05) is 12.1 Å². The number of aliphatic hydroxyl groups excluding tert-OH is 1. The second-order valence-corrected chi connectivity index (χ2v) is 4.98. The van der Waals surface area contributed by atoms with Crippen LogP contribution in [0.15, 0.2) is 24.3 Å². The first-order valence-electron chi connectivity index (χ1n) is 7.62. The molecule has 0 fully saturated rings. The van der Waals surface area contributed by atoms with Crippen molar-refractivity contribution in [2.75, 3.05) is 31.6 Å². The number of carbonyl (C=O) groups excluding carboxylic acids is 1. The maximum Gasteiger partial charge on any atom is 0.321 e. The second-order valence-electron chi connectivity index (χ2n) is 4.98. The van der Waals surface area contributed by atoms with E-state index in [0.29, 0.717) is 13.1 Å². The molecule has 2 amide bonds. The van der Waals surface area contributed by atoms with Crippen molar-refractivity contribution in [3.63, 3.8) is 0 Å². The highest BCUT2D eigenvalue weighted by molar-refractivity contribution is 5.89. The van der Waals surface area contributed by atoms with Crippen LogP contribution >= 0.6 is 0 Å². The number of anilines is 1. The van der Waals surface area contributed by atoms with E-state index in [2.05, 4.69) is 17.6 Å². The first kappa shape index (κ1) is 17.5. The standard InChI is InChI=1S/C16H27N3O2/c1-4-19(5-2)16(21)18-15-9-7-14(8-10-15)13(3)17-11-6-12-20/h7-10,13,17,20H,4-6,11-12H2,1-3H3,(H,18,21). The van der Waals surface area contributed by atoms with Gasteiger partial charge in [-0.05, 0) is 51.4 Å². The van der Waals surface area contributed by atoms with Gasteiger partial charge in [0, 0.05) is 31.4 Å². The van der Waals surface area contributed by atoms with Gasteiger partial charge in [0.2, 0.25) is 0 Å². The van der Waals surface area contributed by atoms with Crippen molar-refractivity contribution in [3.8, 4) is 0 Å². The number of rotatable bonds is 8. The largest absolute Gasteiger partial charge is 0.396 e. The predicted octanol–water partition coefficient (Wildman–Crippen LogP) is 2.59. The summed E-state index contributed by atoms with van der Waals surface area (Å²) in [6, 6.07) is 8.01. The van der Waals surface area contributed by atoms with Crippen LogP contribution in [0.2, 0.25) is 0 Å². The van der Waals surface area contributed by atoms with Gasteiger partial charge in [-0.15, -0.1) is 0 Å². The van der Waals surface area contributed by atoms with Gasteiger partial charge >= 0.3 is 6.03 Å². The fourth-order valence-electron chi connectivity index (χ4n) is 2.08. The van der Waals surface area contributed by atoms with E-state index in [9.17, 15) is 4.79 Å². The Balaban J connectivity index is 2.55. The fourth-order valence-corrected chi connectivity index (χ4v) is 2.08. The number of amides is 2. The Labute approximate surface area is 127 Å². The molecule has 1 unspecified atom stereocenters. The van der Waals surface area contributed by atoms with Crippen molar-refractivity contribution in [1.29, 1.82) is 0 Å². The van der Waals surface area contributed by atoms with Crippen molar-refractivity contribution < 1.29 is 9.90 Å². The molecule has 1 atom stereocenters. The van der Waals surface area contributed by atoms with E-state index in [0.717, 1.165) is 24.2 Å². The molecule has 0 aliphatic heterocycles. The van der Waals surface area contributed by atoms with E-state index in [1.807, 2.05) is 38.1 Å². The molecule has 5 heteroatoms. The lowest BCUT2D eigenvalue weighted by atomic mass is 10.1. The summed E-state index contributed by atoms with van der Waals surface area (Å²) in [5.74, 6) is 0. The van der Waals surface area contributed by atoms with Crippen molar-refractivity contribution in [1.82, 2.24) is 10.2 Å².